The van der Waals surface area contributed by atoms with E-state index in [0.29, 0.717) is 10.6 Å². The molecule has 0 fully saturated rings. The monoisotopic (exact) mass is 330 g/mol. The predicted octanol–water partition coefficient (Wildman–Crippen LogP) is 4.98. The number of hydrogen-bond donors (Lipinski definition) is 2. The van der Waals surface area contributed by atoms with Crippen molar-refractivity contribution in [3.05, 3.63) is 47.5 Å². The Balaban J connectivity index is 2.13. The number of hydrogen-bond acceptors (Lipinski definition) is 4. The molecule has 2 aromatic carbocycles. The van der Waals surface area contributed by atoms with Gasteiger partial charge in [-0.2, -0.15) is 13.2 Å². The Morgan fingerprint density at radius 3 is 1.86 bits per heavy atom. The van der Waals surface area contributed by atoms with Gasteiger partial charge in [0.25, 0.3) is 0 Å². The van der Waals surface area contributed by atoms with E-state index in [9.17, 15) is 13.2 Å². The van der Waals surface area contributed by atoms with Gasteiger partial charge in [-0.15, -0.1) is 0 Å². The van der Waals surface area contributed by atoms with E-state index in [-0.39, 0.29) is 5.69 Å². The Kier molecular flexibility index (Phi) is 4.63. The van der Waals surface area contributed by atoms with E-state index in [1.807, 2.05) is 25.1 Å². The van der Waals surface area contributed by atoms with Crippen LogP contribution in [0.1, 0.15) is 11.1 Å². The molecule has 0 bridgehead atoms. The molecule has 21 heavy (non-hydrogen) atoms. The van der Waals surface area contributed by atoms with Gasteiger partial charge in [0, 0.05) is 21.2 Å². The first-order valence-electron chi connectivity index (χ1n) is 5.95. The number of halogens is 3. The molecule has 2 aromatic rings. The summed E-state index contributed by atoms with van der Waals surface area (Å²) in [5, 5.41) is 0. The van der Waals surface area contributed by atoms with Crippen LogP contribution in [0.15, 0.2) is 46.2 Å². The van der Waals surface area contributed by atoms with Crippen LogP contribution >= 0.6 is 21.6 Å². The smallest absolute Gasteiger partial charge is 0.398 e. The van der Waals surface area contributed by atoms with Gasteiger partial charge >= 0.3 is 6.18 Å². The highest BCUT2D eigenvalue weighted by Crippen LogP contribution is 2.43. The maximum Gasteiger partial charge on any atom is 0.416 e. The second-order valence-electron chi connectivity index (χ2n) is 4.46. The first kappa shape index (κ1) is 15.9. The molecule has 0 aliphatic rings. The number of anilines is 2. The summed E-state index contributed by atoms with van der Waals surface area (Å²) in [5.41, 5.74) is 12.6. The minimum Gasteiger partial charge on any atom is -0.398 e. The van der Waals surface area contributed by atoms with Gasteiger partial charge in [0.1, 0.15) is 0 Å². The van der Waals surface area contributed by atoms with Crippen LogP contribution in [0.3, 0.4) is 0 Å². The minimum absolute atomic E-state index is 0.105. The molecule has 0 unspecified atom stereocenters. The van der Waals surface area contributed by atoms with Crippen LogP contribution in [-0.2, 0) is 6.18 Å². The highest BCUT2D eigenvalue weighted by atomic mass is 33.1. The van der Waals surface area contributed by atoms with Crippen LogP contribution in [0.25, 0.3) is 0 Å². The third-order valence-electron chi connectivity index (χ3n) is 2.72. The van der Waals surface area contributed by atoms with Crippen LogP contribution in [0.4, 0.5) is 24.5 Å². The van der Waals surface area contributed by atoms with Gasteiger partial charge in [-0.3, -0.25) is 0 Å². The van der Waals surface area contributed by atoms with Crippen molar-refractivity contribution in [1.29, 1.82) is 0 Å². The summed E-state index contributed by atoms with van der Waals surface area (Å²) in [7, 11) is 2.65. The third-order valence-corrected chi connectivity index (χ3v) is 5.24. The number of nitrogens with two attached hydrogens (primary N) is 2. The van der Waals surface area contributed by atoms with Gasteiger partial charge in [0.05, 0.1) is 5.56 Å². The van der Waals surface area contributed by atoms with E-state index < -0.39 is 11.7 Å². The zero-order valence-electron chi connectivity index (χ0n) is 11.1. The van der Waals surface area contributed by atoms with Crippen molar-refractivity contribution in [2.45, 2.75) is 22.9 Å². The van der Waals surface area contributed by atoms with Crippen LogP contribution in [0.2, 0.25) is 0 Å². The van der Waals surface area contributed by atoms with E-state index in [4.69, 9.17) is 11.5 Å². The van der Waals surface area contributed by atoms with Gasteiger partial charge in [-0.05, 0) is 42.8 Å². The Morgan fingerprint density at radius 2 is 1.38 bits per heavy atom. The van der Waals surface area contributed by atoms with Crippen LogP contribution in [0, 0.1) is 6.92 Å². The molecule has 0 saturated heterocycles. The highest BCUT2D eigenvalue weighted by molar-refractivity contribution is 8.76. The van der Waals surface area contributed by atoms with E-state index >= 15 is 0 Å². The quantitative estimate of drug-likeness (QED) is 0.616. The number of rotatable bonds is 3. The average molecular weight is 330 g/mol. The number of nitrogen functional groups attached to an aromatic ring is 2. The summed E-state index contributed by atoms with van der Waals surface area (Å²) < 4.78 is 37.7. The van der Waals surface area contributed by atoms with E-state index in [0.717, 1.165) is 22.6 Å². The molecular formula is C14H13F3N2S2. The lowest BCUT2D eigenvalue weighted by Gasteiger charge is -2.11. The van der Waals surface area contributed by atoms with Gasteiger partial charge in [0.15, 0.2) is 0 Å². The summed E-state index contributed by atoms with van der Waals surface area (Å²) in [4.78, 5) is 1.43. The second kappa shape index (κ2) is 6.11. The Labute approximate surface area is 128 Å². The maximum absolute atomic E-state index is 12.6. The average Bonchev–Trinajstić information content (AvgIpc) is 2.38. The predicted molar refractivity (Wildman–Crippen MR) is 83.2 cm³/mol. The SMILES string of the molecule is Cc1ccc(SSc2ccc(C(F)(F)F)cc2N)c(N)c1. The fourth-order valence-electron chi connectivity index (χ4n) is 1.63. The summed E-state index contributed by atoms with van der Waals surface area (Å²) in [6, 6.07) is 9.00. The van der Waals surface area contributed by atoms with Crippen molar-refractivity contribution in [1.82, 2.24) is 0 Å². The minimum atomic E-state index is -4.38. The zero-order valence-corrected chi connectivity index (χ0v) is 12.7. The number of benzene rings is 2. The van der Waals surface area contributed by atoms with E-state index in [1.54, 1.807) is 0 Å². The van der Waals surface area contributed by atoms with Gasteiger partial charge in [0.2, 0.25) is 0 Å². The van der Waals surface area contributed by atoms with Crippen molar-refractivity contribution < 1.29 is 13.2 Å². The summed E-state index contributed by atoms with van der Waals surface area (Å²) >= 11 is 0. The standard InChI is InChI=1S/C14H13F3N2S2/c1-8-2-4-12(10(18)6-8)20-21-13-5-3-9(7-11(13)19)14(15,16)17/h2-7H,18-19H2,1H3. The Morgan fingerprint density at radius 1 is 0.857 bits per heavy atom. The van der Waals surface area contributed by atoms with Crippen molar-refractivity contribution in [2.24, 2.45) is 0 Å². The lowest BCUT2D eigenvalue weighted by molar-refractivity contribution is -0.137. The molecular weight excluding hydrogens is 317 g/mol. The van der Waals surface area contributed by atoms with Crippen LogP contribution in [0.5, 0.6) is 0 Å². The zero-order chi connectivity index (χ0) is 15.6. The molecule has 2 nitrogen and oxygen atoms in total. The molecule has 7 heteroatoms. The molecule has 0 spiro atoms. The number of alkyl halides is 3. The molecule has 112 valence electrons. The number of aryl methyl sites for hydroxylation is 1. The molecule has 2 rings (SSSR count). The fourth-order valence-corrected chi connectivity index (χ4v) is 3.82. The highest BCUT2D eigenvalue weighted by Gasteiger charge is 2.30. The van der Waals surface area contributed by atoms with E-state index in [1.165, 1.54) is 27.7 Å². The van der Waals surface area contributed by atoms with Crippen molar-refractivity contribution in [3.63, 3.8) is 0 Å². The van der Waals surface area contributed by atoms with Gasteiger partial charge in [-0.1, -0.05) is 27.7 Å². The van der Waals surface area contributed by atoms with E-state index in [2.05, 4.69) is 0 Å². The largest absolute Gasteiger partial charge is 0.416 e. The second-order valence-corrected chi connectivity index (χ2v) is 6.67. The molecule has 0 atom stereocenters. The summed E-state index contributed by atoms with van der Waals surface area (Å²) in [5.74, 6) is 0. The molecule has 4 N–H and O–H groups in total. The van der Waals surface area contributed by atoms with Crippen LogP contribution < -0.4 is 11.5 Å². The lowest BCUT2D eigenvalue weighted by atomic mass is 10.2. The summed E-state index contributed by atoms with van der Waals surface area (Å²) in [6.45, 7) is 1.94. The first-order valence-corrected chi connectivity index (χ1v) is 8.10. The molecule has 0 aliphatic heterocycles. The van der Waals surface area contributed by atoms with Crippen molar-refractivity contribution in [3.8, 4) is 0 Å². The normalized spacial score (nSPS) is 11.6. The fraction of sp³-hybridized carbons (Fsp3) is 0.143. The Bertz CT molecular complexity index is 657. The van der Waals surface area contributed by atoms with Crippen molar-refractivity contribution in [2.75, 3.05) is 11.5 Å². The van der Waals surface area contributed by atoms with Crippen LogP contribution in [-0.4, -0.2) is 0 Å². The van der Waals surface area contributed by atoms with Gasteiger partial charge < -0.3 is 11.5 Å². The molecule has 0 aromatic heterocycles. The Hall–Kier alpha value is -1.47. The maximum atomic E-state index is 12.6. The third kappa shape index (κ3) is 4.01. The topological polar surface area (TPSA) is 52.0 Å². The lowest BCUT2D eigenvalue weighted by Crippen LogP contribution is -2.05. The molecule has 0 saturated carbocycles. The molecule has 0 radical (unpaired) electrons. The molecule has 0 aliphatic carbocycles. The summed E-state index contributed by atoms with van der Waals surface area (Å²) in [6.07, 6.45) is -4.38. The first-order chi connectivity index (χ1) is 9.77. The molecule has 0 heterocycles. The molecule has 0 amide bonds. The van der Waals surface area contributed by atoms with Crippen molar-refractivity contribution >= 4 is 33.0 Å². The van der Waals surface area contributed by atoms with Gasteiger partial charge in [-0.25, -0.2) is 0 Å².